The van der Waals surface area contributed by atoms with E-state index in [1.54, 1.807) is 16.7 Å². The first-order valence-corrected chi connectivity index (χ1v) is 11.1. The highest BCUT2D eigenvalue weighted by Crippen LogP contribution is 2.23. The minimum atomic E-state index is -0.160. The van der Waals surface area contributed by atoms with E-state index in [-0.39, 0.29) is 17.2 Å². The van der Waals surface area contributed by atoms with Gasteiger partial charge in [-0.3, -0.25) is 14.2 Å². The number of hydrogen-bond acceptors (Lipinski definition) is 4. The molecule has 0 saturated carbocycles. The van der Waals surface area contributed by atoms with Gasteiger partial charge in [0.05, 0.1) is 22.3 Å². The van der Waals surface area contributed by atoms with Crippen molar-refractivity contribution in [2.75, 3.05) is 11.1 Å². The van der Waals surface area contributed by atoms with E-state index in [4.69, 9.17) is 0 Å². The highest BCUT2D eigenvalue weighted by Gasteiger charge is 2.15. The number of carbonyl (C=O) groups is 1. The molecule has 0 aliphatic rings. The second kappa shape index (κ2) is 8.85. The second-order valence-corrected chi connectivity index (χ2v) is 8.54. The van der Waals surface area contributed by atoms with Gasteiger partial charge in [0.15, 0.2) is 5.16 Å². The second-order valence-electron chi connectivity index (χ2n) is 6.68. The lowest BCUT2D eigenvalue weighted by Gasteiger charge is -2.13. The van der Waals surface area contributed by atoms with Crippen LogP contribution in [0.5, 0.6) is 0 Å². The van der Waals surface area contributed by atoms with E-state index in [2.05, 4.69) is 26.2 Å². The molecule has 1 amide bonds. The normalized spacial score (nSPS) is 10.9. The number of nitrogens with one attached hydrogen (secondary N) is 1. The zero-order valence-electron chi connectivity index (χ0n) is 16.1. The molecule has 7 heteroatoms. The molecule has 0 atom stereocenters. The van der Waals surface area contributed by atoms with E-state index in [1.165, 1.54) is 11.8 Å². The number of anilines is 1. The van der Waals surface area contributed by atoms with E-state index in [1.807, 2.05) is 67.6 Å². The fraction of sp³-hybridized carbons (Fsp3) is 0.0870. The molecule has 4 aromatic rings. The van der Waals surface area contributed by atoms with Gasteiger partial charge in [0.25, 0.3) is 5.56 Å². The predicted molar refractivity (Wildman–Crippen MR) is 126 cm³/mol. The number of amides is 1. The SMILES string of the molecule is Cc1cc(Br)ccc1NC(=O)CSc1nc2ccccc2c(=O)n1-c1ccccc1. The molecule has 0 radical (unpaired) electrons. The van der Waals surface area contributed by atoms with E-state index in [0.717, 1.165) is 15.7 Å². The highest BCUT2D eigenvalue weighted by atomic mass is 79.9. The number of aromatic nitrogens is 2. The molecule has 4 rings (SSSR count). The Balaban J connectivity index is 1.65. The lowest BCUT2D eigenvalue weighted by atomic mass is 10.2. The molecule has 5 nitrogen and oxygen atoms in total. The average molecular weight is 480 g/mol. The summed E-state index contributed by atoms with van der Waals surface area (Å²) in [6, 6.07) is 22.3. The molecule has 0 fully saturated rings. The topological polar surface area (TPSA) is 64.0 Å². The summed E-state index contributed by atoms with van der Waals surface area (Å²) in [6.45, 7) is 1.94. The smallest absolute Gasteiger partial charge is 0.266 e. The third-order valence-corrected chi connectivity index (χ3v) is 5.99. The first-order chi connectivity index (χ1) is 14.5. The Bertz CT molecular complexity index is 1290. The average Bonchev–Trinajstić information content (AvgIpc) is 2.75. The van der Waals surface area contributed by atoms with Crippen molar-refractivity contribution in [3.05, 3.63) is 93.2 Å². The Morgan fingerprint density at radius 3 is 2.57 bits per heavy atom. The van der Waals surface area contributed by atoms with Gasteiger partial charge in [0.2, 0.25) is 5.91 Å². The quantitative estimate of drug-likeness (QED) is 0.316. The Kier molecular flexibility index (Phi) is 6.01. The van der Waals surface area contributed by atoms with Crippen molar-refractivity contribution in [1.29, 1.82) is 0 Å². The van der Waals surface area contributed by atoms with Crippen LogP contribution in [0.15, 0.2) is 87.2 Å². The molecule has 0 saturated heterocycles. The molecule has 1 N–H and O–H groups in total. The molecule has 0 aliphatic carbocycles. The molecule has 1 heterocycles. The summed E-state index contributed by atoms with van der Waals surface area (Å²) < 4.78 is 2.52. The van der Waals surface area contributed by atoms with Crippen molar-refractivity contribution in [1.82, 2.24) is 9.55 Å². The number of carbonyl (C=O) groups excluding carboxylic acids is 1. The lowest BCUT2D eigenvalue weighted by Crippen LogP contribution is -2.23. The molecular formula is C23H18BrN3O2S. The van der Waals surface area contributed by atoms with Crippen LogP contribution in [-0.2, 0) is 4.79 Å². The number of para-hydroxylation sites is 2. The third kappa shape index (κ3) is 4.32. The number of rotatable bonds is 5. The monoisotopic (exact) mass is 479 g/mol. The van der Waals surface area contributed by atoms with Crippen LogP contribution in [0.2, 0.25) is 0 Å². The fourth-order valence-corrected chi connectivity index (χ4v) is 4.39. The van der Waals surface area contributed by atoms with E-state index >= 15 is 0 Å². The van der Waals surface area contributed by atoms with Crippen LogP contribution >= 0.6 is 27.7 Å². The molecule has 0 bridgehead atoms. The number of fused-ring (bicyclic) bond motifs is 1. The van der Waals surface area contributed by atoms with E-state index < -0.39 is 0 Å². The predicted octanol–water partition coefficient (Wildman–Crippen LogP) is 5.19. The molecular weight excluding hydrogens is 462 g/mol. The summed E-state index contributed by atoms with van der Waals surface area (Å²) in [4.78, 5) is 30.4. The standard InChI is InChI=1S/C23H18BrN3O2S/c1-15-13-16(24)11-12-19(15)25-21(28)14-30-23-26-20-10-6-5-9-18(20)22(29)27(23)17-7-3-2-4-8-17/h2-13H,14H2,1H3,(H,25,28). The fourth-order valence-electron chi connectivity index (χ4n) is 3.10. The highest BCUT2D eigenvalue weighted by molar-refractivity contribution is 9.10. The number of halogens is 1. The number of hydrogen-bond donors (Lipinski definition) is 1. The molecule has 30 heavy (non-hydrogen) atoms. The summed E-state index contributed by atoms with van der Waals surface area (Å²) in [7, 11) is 0. The third-order valence-electron chi connectivity index (χ3n) is 4.55. The Morgan fingerprint density at radius 1 is 1.07 bits per heavy atom. The summed E-state index contributed by atoms with van der Waals surface area (Å²) in [5.74, 6) is -0.0277. The van der Waals surface area contributed by atoms with Crippen LogP contribution < -0.4 is 10.9 Å². The van der Waals surface area contributed by atoms with Gasteiger partial charge in [0, 0.05) is 10.2 Å². The molecule has 3 aromatic carbocycles. The van der Waals surface area contributed by atoms with Gasteiger partial charge in [-0.15, -0.1) is 0 Å². The van der Waals surface area contributed by atoms with Crippen molar-refractivity contribution < 1.29 is 4.79 Å². The van der Waals surface area contributed by atoms with Crippen molar-refractivity contribution in [2.45, 2.75) is 12.1 Å². The van der Waals surface area contributed by atoms with E-state index in [0.29, 0.717) is 21.7 Å². The lowest BCUT2D eigenvalue weighted by molar-refractivity contribution is -0.113. The van der Waals surface area contributed by atoms with Gasteiger partial charge in [-0.1, -0.05) is 58.0 Å². The van der Waals surface area contributed by atoms with Crippen molar-refractivity contribution >= 4 is 50.2 Å². The zero-order valence-corrected chi connectivity index (χ0v) is 18.5. The molecule has 0 spiro atoms. The van der Waals surface area contributed by atoms with E-state index in [9.17, 15) is 9.59 Å². The van der Waals surface area contributed by atoms with Crippen LogP contribution in [0.4, 0.5) is 5.69 Å². The summed E-state index contributed by atoms with van der Waals surface area (Å²) in [6.07, 6.45) is 0. The van der Waals surface area contributed by atoms with Gasteiger partial charge >= 0.3 is 0 Å². The maximum absolute atomic E-state index is 13.2. The van der Waals surface area contributed by atoms with Gasteiger partial charge < -0.3 is 5.32 Å². The van der Waals surface area contributed by atoms with Gasteiger partial charge in [-0.25, -0.2) is 4.98 Å². The first-order valence-electron chi connectivity index (χ1n) is 9.29. The molecule has 1 aromatic heterocycles. The van der Waals surface area contributed by atoms with Crippen LogP contribution in [0.1, 0.15) is 5.56 Å². The number of benzene rings is 3. The summed E-state index contributed by atoms with van der Waals surface area (Å²) >= 11 is 4.66. The number of thioether (sulfide) groups is 1. The molecule has 0 aliphatic heterocycles. The first kappa shape index (κ1) is 20.4. The number of nitrogens with zero attached hydrogens (tertiary/aromatic N) is 2. The summed E-state index contributed by atoms with van der Waals surface area (Å²) in [5, 5.41) is 3.94. The van der Waals surface area contributed by atoms with Gasteiger partial charge in [-0.05, 0) is 55.0 Å². The maximum Gasteiger partial charge on any atom is 0.266 e. The van der Waals surface area contributed by atoms with Crippen LogP contribution in [-0.4, -0.2) is 21.2 Å². The minimum Gasteiger partial charge on any atom is -0.325 e. The van der Waals surface area contributed by atoms with Crippen molar-refractivity contribution in [3.8, 4) is 5.69 Å². The zero-order chi connectivity index (χ0) is 21.1. The van der Waals surface area contributed by atoms with Crippen LogP contribution in [0, 0.1) is 6.92 Å². The van der Waals surface area contributed by atoms with Crippen LogP contribution in [0.25, 0.3) is 16.6 Å². The summed E-state index contributed by atoms with van der Waals surface area (Å²) in [5.41, 5.74) is 2.90. The van der Waals surface area contributed by atoms with Crippen molar-refractivity contribution in [3.63, 3.8) is 0 Å². The van der Waals surface area contributed by atoms with Gasteiger partial charge in [0.1, 0.15) is 0 Å². The van der Waals surface area contributed by atoms with Gasteiger partial charge in [-0.2, -0.15) is 0 Å². The van der Waals surface area contributed by atoms with Crippen LogP contribution in [0.3, 0.4) is 0 Å². The Hall–Kier alpha value is -2.90. The molecule has 150 valence electrons. The minimum absolute atomic E-state index is 0.132. The number of aryl methyl sites for hydroxylation is 1. The Morgan fingerprint density at radius 2 is 1.80 bits per heavy atom. The maximum atomic E-state index is 13.2. The molecule has 0 unspecified atom stereocenters. The van der Waals surface area contributed by atoms with Crippen molar-refractivity contribution in [2.24, 2.45) is 0 Å². The Labute approximate surface area is 186 Å². The largest absolute Gasteiger partial charge is 0.325 e.